The minimum absolute atomic E-state index is 0.0506. The number of aliphatic hydroxyl groups excluding tert-OH is 1. The van der Waals surface area contributed by atoms with Gasteiger partial charge in [-0.1, -0.05) is 12.1 Å². The molecule has 2 fully saturated rings. The van der Waals surface area contributed by atoms with Crippen LogP contribution in [0.25, 0.3) is 16.8 Å². The van der Waals surface area contributed by atoms with Gasteiger partial charge in [-0.25, -0.2) is 14.8 Å². The molecule has 11 heteroatoms. The van der Waals surface area contributed by atoms with Gasteiger partial charge >= 0.3 is 6.03 Å². The monoisotopic (exact) mass is 555 g/mol. The average molecular weight is 556 g/mol. The maximum atomic E-state index is 12.9. The first-order valence-electron chi connectivity index (χ1n) is 13.9. The number of carbonyl (C=O) groups is 2. The second-order valence-corrected chi connectivity index (χ2v) is 10.4. The summed E-state index contributed by atoms with van der Waals surface area (Å²) in [7, 11) is 0. The largest absolute Gasteiger partial charge is 0.393 e. The Morgan fingerprint density at radius 3 is 2.56 bits per heavy atom. The third-order valence-corrected chi connectivity index (χ3v) is 7.70. The van der Waals surface area contributed by atoms with E-state index in [0.717, 1.165) is 33.7 Å². The lowest BCUT2D eigenvalue weighted by atomic mass is 10.00. The molecule has 4 aromatic rings. The molecule has 3 aromatic heterocycles. The van der Waals surface area contributed by atoms with E-state index < -0.39 is 0 Å². The van der Waals surface area contributed by atoms with Crippen molar-refractivity contribution in [3.63, 3.8) is 0 Å². The van der Waals surface area contributed by atoms with Crippen molar-refractivity contribution in [2.45, 2.75) is 25.9 Å². The summed E-state index contributed by atoms with van der Waals surface area (Å²) >= 11 is 0. The topological polar surface area (TPSA) is 124 Å². The van der Waals surface area contributed by atoms with E-state index in [4.69, 9.17) is 4.74 Å². The van der Waals surface area contributed by atoms with E-state index in [9.17, 15) is 14.7 Å². The molecular formula is C30H33N7O4. The van der Waals surface area contributed by atoms with Crippen LogP contribution in [0.5, 0.6) is 0 Å². The maximum absolute atomic E-state index is 12.9. The third kappa shape index (κ3) is 5.72. The fraction of sp³-hybridized carbons (Fsp3) is 0.333. The number of carbonyl (C=O) groups excluding carboxylic acids is 2. The third-order valence-electron chi connectivity index (χ3n) is 7.70. The fourth-order valence-corrected chi connectivity index (χ4v) is 5.30. The molecule has 0 aliphatic carbocycles. The molecule has 41 heavy (non-hydrogen) atoms. The molecule has 11 nitrogen and oxygen atoms in total. The van der Waals surface area contributed by atoms with E-state index in [1.54, 1.807) is 34.3 Å². The minimum atomic E-state index is -0.337. The highest BCUT2D eigenvalue weighted by Crippen LogP contribution is 2.32. The summed E-state index contributed by atoms with van der Waals surface area (Å²) in [6.07, 6.45) is 8.06. The number of amides is 3. The van der Waals surface area contributed by atoms with Gasteiger partial charge in [0.05, 0.1) is 30.6 Å². The first-order valence-corrected chi connectivity index (χ1v) is 13.9. The number of urea groups is 1. The smallest absolute Gasteiger partial charge is 0.321 e. The van der Waals surface area contributed by atoms with E-state index in [1.165, 1.54) is 0 Å². The van der Waals surface area contributed by atoms with E-state index in [-0.39, 0.29) is 18.0 Å². The molecule has 3 amide bonds. The lowest BCUT2D eigenvalue weighted by Gasteiger charge is -2.30. The standard InChI is InChI=1S/C30H33N7O4/c1-20-24(3-2-4-25(20)34-30(40)36-10-7-23(38)8-11-36)22-17-26(28-31-9-12-37(28)19-22)33-27-6-5-21(18-32-27)29(39)35-13-15-41-16-14-35/h2-6,9,12,17-19,23,38H,7-8,10-11,13-16H2,1H3,(H,32,33)(H,34,40). The summed E-state index contributed by atoms with van der Waals surface area (Å²) < 4.78 is 7.29. The Balaban J connectivity index is 1.23. The van der Waals surface area contributed by atoms with Crippen molar-refractivity contribution < 1.29 is 19.4 Å². The van der Waals surface area contributed by atoms with Crippen molar-refractivity contribution in [2.75, 3.05) is 50.0 Å². The number of ether oxygens (including phenoxy) is 1. The van der Waals surface area contributed by atoms with Crippen molar-refractivity contribution in [3.05, 3.63) is 72.3 Å². The minimum Gasteiger partial charge on any atom is -0.393 e. The zero-order valence-corrected chi connectivity index (χ0v) is 22.9. The zero-order valence-electron chi connectivity index (χ0n) is 22.9. The first kappa shape index (κ1) is 26.7. The number of aromatic nitrogens is 3. The van der Waals surface area contributed by atoms with Gasteiger partial charge in [0.15, 0.2) is 5.65 Å². The Bertz CT molecular complexity index is 1560. The Hall–Kier alpha value is -4.48. The SMILES string of the molecule is Cc1c(NC(=O)N2CCC(O)CC2)cccc1-c1cc(Nc2ccc(C(=O)N3CCOCC3)cn2)c2nccn2c1. The lowest BCUT2D eigenvalue weighted by Crippen LogP contribution is -2.42. The molecule has 0 bridgehead atoms. The summed E-state index contributed by atoms with van der Waals surface area (Å²) in [5.41, 5.74) is 5.61. The number of piperidine rings is 1. The number of morpholine rings is 1. The van der Waals surface area contributed by atoms with Gasteiger partial charge < -0.3 is 34.7 Å². The lowest BCUT2D eigenvalue weighted by molar-refractivity contribution is 0.0302. The number of benzene rings is 1. The molecule has 2 aliphatic heterocycles. The van der Waals surface area contributed by atoms with Crippen LogP contribution in [0.3, 0.4) is 0 Å². The molecule has 3 N–H and O–H groups in total. The van der Waals surface area contributed by atoms with Crippen molar-refractivity contribution >= 4 is 34.8 Å². The van der Waals surface area contributed by atoms with E-state index in [1.807, 2.05) is 48.0 Å². The van der Waals surface area contributed by atoms with Crippen LogP contribution in [0.15, 0.2) is 61.2 Å². The second-order valence-electron chi connectivity index (χ2n) is 10.4. The Morgan fingerprint density at radius 1 is 1.00 bits per heavy atom. The summed E-state index contributed by atoms with van der Waals surface area (Å²) in [5.74, 6) is 0.542. The van der Waals surface area contributed by atoms with Gasteiger partial charge in [-0.05, 0) is 55.2 Å². The van der Waals surface area contributed by atoms with Gasteiger partial charge in [-0.3, -0.25) is 4.79 Å². The quantitative estimate of drug-likeness (QED) is 0.341. The number of imidazole rings is 1. The van der Waals surface area contributed by atoms with Gasteiger partial charge in [-0.2, -0.15) is 0 Å². The number of nitrogens with zero attached hydrogens (tertiary/aromatic N) is 5. The number of hydrogen-bond acceptors (Lipinski definition) is 7. The highest BCUT2D eigenvalue weighted by Gasteiger charge is 2.22. The highest BCUT2D eigenvalue weighted by atomic mass is 16.5. The number of likely N-dealkylation sites (tertiary alicyclic amines) is 1. The zero-order chi connectivity index (χ0) is 28.3. The number of rotatable bonds is 5. The van der Waals surface area contributed by atoms with Gasteiger partial charge in [0.2, 0.25) is 0 Å². The molecule has 6 rings (SSSR count). The van der Waals surface area contributed by atoms with Gasteiger partial charge in [0.25, 0.3) is 5.91 Å². The van der Waals surface area contributed by atoms with Crippen LogP contribution in [-0.4, -0.2) is 86.7 Å². The van der Waals surface area contributed by atoms with Gasteiger partial charge in [0.1, 0.15) is 5.82 Å². The van der Waals surface area contributed by atoms with Gasteiger partial charge in [-0.15, -0.1) is 0 Å². The normalized spacial score (nSPS) is 16.1. The number of pyridine rings is 2. The van der Waals surface area contributed by atoms with Crippen LogP contribution < -0.4 is 10.6 Å². The average Bonchev–Trinajstić information content (AvgIpc) is 3.48. The molecule has 0 saturated carbocycles. The molecule has 2 aliphatic rings. The van der Waals surface area contributed by atoms with Crippen molar-refractivity contribution in [1.82, 2.24) is 24.2 Å². The van der Waals surface area contributed by atoms with E-state index in [0.29, 0.717) is 63.6 Å². The molecule has 0 spiro atoms. The molecule has 0 radical (unpaired) electrons. The van der Waals surface area contributed by atoms with Crippen LogP contribution in [-0.2, 0) is 4.74 Å². The number of aliphatic hydroxyl groups is 1. The fourth-order valence-electron chi connectivity index (χ4n) is 5.30. The number of nitrogens with one attached hydrogen (secondary N) is 2. The second kappa shape index (κ2) is 11.6. The van der Waals surface area contributed by atoms with Gasteiger partial charge in [0, 0.05) is 62.2 Å². The van der Waals surface area contributed by atoms with E-state index in [2.05, 4.69) is 20.6 Å². The summed E-state index contributed by atoms with van der Waals surface area (Å²) in [6, 6.07) is 11.3. The predicted octanol–water partition coefficient (Wildman–Crippen LogP) is 3.91. The summed E-state index contributed by atoms with van der Waals surface area (Å²) in [6.45, 7) is 5.32. The molecule has 212 valence electrons. The summed E-state index contributed by atoms with van der Waals surface area (Å²) in [5, 5.41) is 16.2. The Morgan fingerprint density at radius 2 is 1.80 bits per heavy atom. The molecule has 2 saturated heterocycles. The van der Waals surface area contributed by atoms with Crippen LogP contribution in [0, 0.1) is 6.92 Å². The maximum Gasteiger partial charge on any atom is 0.321 e. The van der Waals surface area contributed by atoms with Crippen LogP contribution in [0.4, 0.5) is 22.0 Å². The predicted molar refractivity (Wildman–Crippen MR) is 155 cm³/mol. The summed E-state index contributed by atoms with van der Waals surface area (Å²) in [4.78, 5) is 38.2. The molecule has 0 atom stereocenters. The van der Waals surface area contributed by atoms with Crippen LogP contribution in [0.2, 0.25) is 0 Å². The molecular weight excluding hydrogens is 522 g/mol. The van der Waals surface area contributed by atoms with Crippen LogP contribution in [0.1, 0.15) is 28.8 Å². The van der Waals surface area contributed by atoms with Crippen LogP contribution >= 0.6 is 0 Å². The Kier molecular flexibility index (Phi) is 7.53. The molecule has 5 heterocycles. The molecule has 0 unspecified atom stereocenters. The van der Waals surface area contributed by atoms with Crippen molar-refractivity contribution in [3.8, 4) is 11.1 Å². The number of fused-ring (bicyclic) bond motifs is 1. The first-order chi connectivity index (χ1) is 20.0. The highest BCUT2D eigenvalue weighted by molar-refractivity contribution is 5.94. The Labute approximate surface area is 237 Å². The van der Waals surface area contributed by atoms with Crippen molar-refractivity contribution in [2.24, 2.45) is 0 Å². The van der Waals surface area contributed by atoms with E-state index >= 15 is 0 Å². The molecule has 1 aromatic carbocycles. The number of hydrogen-bond donors (Lipinski definition) is 3. The van der Waals surface area contributed by atoms with Crippen molar-refractivity contribution in [1.29, 1.82) is 0 Å². The number of anilines is 3.